The number of carboxylic acid groups (broad SMARTS) is 1. The molecule has 0 aliphatic heterocycles. The first kappa shape index (κ1) is 27.4. The van der Waals surface area contributed by atoms with Crippen molar-refractivity contribution in [2.45, 2.75) is 58.8 Å². The van der Waals surface area contributed by atoms with E-state index in [1.807, 2.05) is 36.4 Å². The number of hydrogen-bond donors (Lipinski definition) is 1. The first-order chi connectivity index (χ1) is 17.8. The summed E-state index contributed by atoms with van der Waals surface area (Å²) in [5.74, 6) is -1.07. The standard InChI is InChI=1S/C31H35NO5Si/c1-30(2,3)37-29(35)32-20-22(27-25(28(33)34)18-13-19-26(27)32)21-36-38(31(4,5)6,23-14-9-7-10-15-23)24-16-11-8-12-17-24/h7-20H,21H2,1-6H3,(H,33,34). The molecule has 4 rings (SSSR count). The normalized spacial score (nSPS) is 12.5. The van der Waals surface area contributed by atoms with Crippen LogP contribution in [0.4, 0.5) is 4.79 Å². The number of hydrogen-bond acceptors (Lipinski definition) is 4. The Morgan fingerprint density at radius 2 is 1.37 bits per heavy atom. The van der Waals surface area contributed by atoms with Crippen LogP contribution in [0, 0.1) is 0 Å². The van der Waals surface area contributed by atoms with E-state index in [9.17, 15) is 14.7 Å². The molecule has 0 aliphatic rings. The van der Waals surface area contributed by atoms with Gasteiger partial charge in [-0.15, -0.1) is 0 Å². The molecule has 0 atom stereocenters. The van der Waals surface area contributed by atoms with Crippen LogP contribution in [0.5, 0.6) is 0 Å². The van der Waals surface area contributed by atoms with Crippen LogP contribution in [0.1, 0.15) is 57.5 Å². The highest BCUT2D eigenvalue weighted by molar-refractivity contribution is 6.99. The van der Waals surface area contributed by atoms with Crippen molar-refractivity contribution in [3.05, 3.63) is 96.2 Å². The Morgan fingerprint density at radius 3 is 1.84 bits per heavy atom. The van der Waals surface area contributed by atoms with Crippen molar-refractivity contribution in [3.63, 3.8) is 0 Å². The van der Waals surface area contributed by atoms with Crippen LogP contribution in [0.2, 0.25) is 5.04 Å². The second kappa shape index (κ2) is 10.2. The number of nitrogens with zero attached hydrogens (tertiary/aromatic N) is 1. The van der Waals surface area contributed by atoms with Gasteiger partial charge in [-0.2, -0.15) is 0 Å². The third-order valence-electron chi connectivity index (χ3n) is 6.59. The van der Waals surface area contributed by atoms with E-state index in [-0.39, 0.29) is 17.2 Å². The summed E-state index contributed by atoms with van der Waals surface area (Å²) < 4.78 is 14.1. The molecule has 0 radical (unpaired) electrons. The second-order valence-corrected chi connectivity index (χ2v) is 15.8. The number of carbonyl (C=O) groups excluding carboxylic acids is 1. The first-order valence-corrected chi connectivity index (χ1v) is 14.6. The Kier molecular flexibility index (Phi) is 7.37. The summed E-state index contributed by atoms with van der Waals surface area (Å²) in [4.78, 5) is 25.4. The third kappa shape index (κ3) is 5.17. The zero-order valence-electron chi connectivity index (χ0n) is 22.8. The van der Waals surface area contributed by atoms with Crippen LogP contribution < -0.4 is 10.4 Å². The van der Waals surface area contributed by atoms with Crippen molar-refractivity contribution in [1.82, 2.24) is 4.57 Å². The monoisotopic (exact) mass is 529 g/mol. The molecule has 198 valence electrons. The molecule has 0 unspecified atom stereocenters. The topological polar surface area (TPSA) is 77.8 Å². The van der Waals surface area contributed by atoms with Gasteiger partial charge in [0.1, 0.15) is 5.60 Å². The van der Waals surface area contributed by atoms with Crippen molar-refractivity contribution in [1.29, 1.82) is 0 Å². The lowest BCUT2D eigenvalue weighted by Crippen LogP contribution is -2.66. The number of carbonyl (C=O) groups is 2. The number of ether oxygens (including phenoxy) is 1. The van der Waals surface area contributed by atoms with Crippen LogP contribution in [0.25, 0.3) is 10.9 Å². The van der Waals surface area contributed by atoms with Gasteiger partial charge in [0.25, 0.3) is 8.32 Å². The molecular formula is C31H35NO5Si. The van der Waals surface area contributed by atoms with Gasteiger partial charge in [0, 0.05) is 17.1 Å². The highest BCUT2D eigenvalue weighted by atomic mass is 28.4. The van der Waals surface area contributed by atoms with E-state index >= 15 is 0 Å². The van der Waals surface area contributed by atoms with E-state index in [1.54, 1.807) is 45.2 Å². The van der Waals surface area contributed by atoms with E-state index in [0.717, 1.165) is 10.4 Å². The molecule has 0 fully saturated rings. The molecule has 1 heterocycles. The highest BCUT2D eigenvalue weighted by Crippen LogP contribution is 2.38. The Morgan fingerprint density at radius 1 is 0.816 bits per heavy atom. The summed E-state index contributed by atoms with van der Waals surface area (Å²) in [6.07, 6.45) is 1.09. The Bertz CT molecular complexity index is 1410. The van der Waals surface area contributed by atoms with Gasteiger partial charge in [-0.25, -0.2) is 9.59 Å². The maximum Gasteiger partial charge on any atom is 0.419 e. The minimum Gasteiger partial charge on any atom is -0.478 e. The van der Waals surface area contributed by atoms with Gasteiger partial charge >= 0.3 is 12.1 Å². The number of carboxylic acids is 1. The average Bonchev–Trinajstić information content (AvgIpc) is 3.23. The molecule has 6 nitrogen and oxygen atoms in total. The maximum absolute atomic E-state index is 13.1. The Labute approximate surface area is 225 Å². The summed E-state index contributed by atoms with van der Waals surface area (Å²) in [7, 11) is -2.89. The largest absolute Gasteiger partial charge is 0.478 e. The summed E-state index contributed by atoms with van der Waals surface area (Å²) in [5, 5.41) is 12.5. The quantitative estimate of drug-likeness (QED) is 0.301. The fourth-order valence-corrected chi connectivity index (χ4v) is 9.59. The van der Waals surface area contributed by atoms with Gasteiger partial charge in [-0.3, -0.25) is 4.57 Å². The zero-order valence-corrected chi connectivity index (χ0v) is 23.8. The van der Waals surface area contributed by atoms with Crippen LogP contribution in [0.15, 0.2) is 85.1 Å². The van der Waals surface area contributed by atoms with Gasteiger partial charge in [0.2, 0.25) is 0 Å². The average molecular weight is 530 g/mol. The zero-order chi connectivity index (χ0) is 27.7. The lowest BCUT2D eigenvalue weighted by atomic mass is 10.1. The van der Waals surface area contributed by atoms with Crippen molar-refractivity contribution < 1.29 is 23.9 Å². The summed E-state index contributed by atoms with van der Waals surface area (Å²) in [6, 6.07) is 25.4. The van der Waals surface area contributed by atoms with E-state index < -0.39 is 26.0 Å². The SMILES string of the molecule is CC(C)(C)OC(=O)n1cc(CO[Si](c2ccccc2)(c2ccccc2)C(C)(C)C)c2c(C(=O)O)cccc21. The predicted molar refractivity (Wildman–Crippen MR) is 153 cm³/mol. The highest BCUT2D eigenvalue weighted by Gasteiger charge is 2.50. The molecule has 0 aliphatic carbocycles. The first-order valence-electron chi connectivity index (χ1n) is 12.7. The molecule has 0 amide bonds. The van der Waals surface area contributed by atoms with Crippen molar-refractivity contribution >= 4 is 41.7 Å². The predicted octanol–water partition coefficient (Wildman–Crippen LogP) is 6.20. The molecule has 0 saturated heterocycles. The van der Waals surface area contributed by atoms with E-state index in [1.165, 1.54) is 4.57 Å². The number of aromatic carboxylic acids is 1. The van der Waals surface area contributed by atoms with Gasteiger partial charge in [0.05, 0.1) is 17.7 Å². The minimum atomic E-state index is -2.89. The van der Waals surface area contributed by atoms with E-state index in [4.69, 9.17) is 9.16 Å². The van der Waals surface area contributed by atoms with Crippen molar-refractivity contribution in [3.8, 4) is 0 Å². The lowest BCUT2D eigenvalue weighted by molar-refractivity contribution is 0.0543. The van der Waals surface area contributed by atoms with Gasteiger partial charge < -0.3 is 14.3 Å². The molecule has 7 heteroatoms. The van der Waals surface area contributed by atoms with E-state index in [2.05, 4.69) is 45.0 Å². The van der Waals surface area contributed by atoms with Crippen LogP contribution in [0.3, 0.4) is 0 Å². The molecule has 0 saturated carbocycles. The smallest absolute Gasteiger partial charge is 0.419 e. The minimum absolute atomic E-state index is 0.117. The summed E-state index contributed by atoms with van der Waals surface area (Å²) >= 11 is 0. The third-order valence-corrected chi connectivity index (χ3v) is 11.6. The van der Waals surface area contributed by atoms with Crippen LogP contribution >= 0.6 is 0 Å². The number of rotatable bonds is 6. The van der Waals surface area contributed by atoms with Crippen molar-refractivity contribution in [2.75, 3.05) is 0 Å². The molecular weight excluding hydrogens is 494 g/mol. The van der Waals surface area contributed by atoms with Gasteiger partial charge in [-0.05, 0) is 48.3 Å². The number of fused-ring (bicyclic) bond motifs is 1. The molecule has 38 heavy (non-hydrogen) atoms. The number of benzene rings is 3. The number of aromatic nitrogens is 1. The Balaban J connectivity index is 1.90. The lowest BCUT2D eigenvalue weighted by Gasteiger charge is -2.43. The van der Waals surface area contributed by atoms with Gasteiger partial charge in [0.15, 0.2) is 0 Å². The maximum atomic E-state index is 13.1. The molecule has 4 aromatic rings. The van der Waals surface area contributed by atoms with Crippen LogP contribution in [-0.4, -0.2) is 35.7 Å². The van der Waals surface area contributed by atoms with Crippen LogP contribution in [-0.2, 0) is 15.8 Å². The van der Waals surface area contributed by atoms with E-state index in [0.29, 0.717) is 16.5 Å². The molecule has 3 aromatic carbocycles. The second-order valence-electron chi connectivity index (χ2n) is 11.5. The Hall–Kier alpha value is -3.68. The molecule has 0 bridgehead atoms. The fourth-order valence-electron chi connectivity index (χ4n) is 5.07. The summed E-state index contributed by atoms with van der Waals surface area (Å²) in [5.41, 5.74) is 0.506. The van der Waals surface area contributed by atoms with Gasteiger partial charge in [-0.1, -0.05) is 87.5 Å². The summed E-state index contributed by atoms with van der Waals surface area (Å²) in [6.45, 7) is 12.1. The van der Waals surface area contributed by atoms with Crippen molar-refractivity contribution in [2.24, 2.45) is 0 Å². The fraction of sp³-hybridized carbons (Fsp3) is 0.290. The molecule has 1 N–H and O–H groups in total. The molecule has 0 spiro atoms. The molecule has 1 aromatic heterocycles.